The molecule has 0 aliphatic carbocycles. The second kappa shape index (κ2) is 7.70. The van der Waals surface area contributed by atoms with Crippen LogP contribution in [-0.2, 0) is 13.1 Å². The third kappa shape index (κ3) is 4.39. The van der Waals surface area contributed by atoms with E-state index >= 15 is 0 Å². The Morgan fingerprint density at radius 1 is 1.20 bits per heavy atom. The molecule has 6 nitrogen and oxygen atoms in total. The van der Waals surface area contributed by atoms with E-state index in [9.17, 15) is 4.79 Å². The lowest BCUT2D eigenvalue weighted by Gasteiger charge is -2.34. The van der Waals surface area contributed by atoms with Gasteiger partial charge in [0.15, 0.2) is 0 Å². The number of carbonyl (C=O) groups excluding carboxylic acids is 1. The molecule has 0 spiro atoms. The number of amides is 2. The van der Waals surface area contributed by atoms with Crippen molar-refractivity contribution in [3.05, 3.63) is 52.4 Å². The molecule has 0 unspecified atom stereocenters. The number of nitrogens with one attached hydrogen (secondary N) is 1. The van der Waals surface area contributed by atoms with E-state index in [1.165, 1.54) is 11.1 Å². The van der Waals surface area contributed by atoms with Crippen molar-refractivity contribution in [2.75, 3.05) is 26.2 Å². The van der Waals surface area contributed by atoms with Gasteiger partial charge >= 0.3 is 6.03 Å². The monoisotopic (exact) mass is 342 g/mol. The standard InChI is InChI=1S/C19H26N4O2/c1-14-5-4-6-17(11-14)13-22-7-9-23(10-8-22)19(24)20-12-18-15(2)21-25-16(18)3/h4-6,11H,7-10,12-13H2,1-3H3,(H,20,24). The van der Waals surface area contributed by atoms with E-state index in [4.69, 9.17) is 4.52 Å². The van der Waals surface area contributed by atoms with Crippen LogP contribution in [0.2, 0.25) is 0 Å². The molecule has 0 atom stereocenters. The third-order valence-electron chi connectivity index (χ3n) is 4.75. The van der Waals surface area contributed by atoms with E-state index in [1.54, 1.807) is 0 Å². The fourth-order valence-corrected chi connectivity index (χ4v) is 3.21. The molecule has 2 amide bonds. The summed E-state index contributed by atoms with van der Waals surface area (Å²) in [6.45, 7) is 10.6. The summed E-state index contributed by atoms with van der Waals surface area (Å²) in [6.07, 6.45) is 0. The molecule has 3 rings (SSSR count). The zero-order valence-corrected chi connectivity index (χ0v) is 15.2. The summed E-state index contributed by atoms with van der Waals surface area (Å²) in [5, 5.41) is 6.89. The van der Waals surface area contributed by atoms with Crippen molar-refractivity contribution in [2.45, 2.75) is 33.9 Å². The van der Waals surface area contributed by atoms with Crippen molar-refractivity contribution < 1.29 is 9.32 Å². The van der Waals surface area contributed by atoms with Gasteiger partial charge in [0.2, 0.25) is 0 Å². The van der Waals surface area contributed by atoms with Crippen molar-refractivity contribution >= 4 is 6.03 Å². The largest absolute Gasteiger partial charge is 0.361 e. The molecule has 2 aromatic rings. The number of hydrogen-bond acceptors (Lipinski definition) is 4. The van der Waals surface area contributed by atoms with Crippen LogP contribution in [0.3, 0.4) is 0 Å². The van der Waals surface area contributed by atoms with E-state index < -0.39 is 0 Å². The highest BCUT2D eigenvalue weighted by molar-refractivity contribution is 5.74. The van der Waals surface area contributed by atoms with Gasteiger partial charge in [-0.15, -0.1) is 0 Å². The predicted molar refractivity (Wildman–Crippen MR) is 96.2 cm³/mol. The second-order valence-corrected chi connectivity index (χ2v) is 6.71. The minimum absolute atomic E-state index is 0.0183. The SMILES string of the molecule is Cc1cccc(CN2CCN(C(=O)NCc3c(C)noc3C)CC2)c1. The number of carbonyl (C=O) groups is 1. The highest BCUT2D eigenvalue weighted by atomic mass is 16.5. The molecule has 0 saturated carbocycles. The molecular weight excluding hydrogens is 316 g/mol. The topological polar surface area (TPSA) is 61.6 Å². The van der Waals surface area contributed by atoms with Crippen LogP contribution in [0.5, 0.6) is 0 Å². The Balaban J connectivity index is 1.46. The van der Waals surface area contributed by atoms with Crippen LogP contribution in [-0.4, -0.2) is 47.2 Å². The summed E-state index contributed by atoms with van der Waals surface area (Å²) in [5.41, 5.74) is 4.42. The summed E-state index contributed by atoms with van der Waals surface area (Å²) >= 11 is 0. The molecule has 1 aliphatic rings. The minimum Gasteiger partial charge on any atom is -0.361 e. The highest BCUT2D eigenvalue weighted by Gasteiger charge is 2.21. The fourth-order valence-electron chi connectivity index (χ4n) is 3.21. The van der Waals surface area contributed by atoms with Gasteiger partial charge in [0.1, 0.15) is 5.76 Å². The average molecular weight is 342 g/mol. The van der Waals surface area contributed by atoms with E-state index in [2.05, 4.69) is 46.6 Å². The van der Waals surface area contributed by atoms with Gasteiger partial charge in [0, 0.05) is 44.8 Å². The first-order valence-corrected chi connectivity index (χ1v) is 8.75. The highest BCUT2D eigenvalue weighted by Crippen LogP contribution is 2.13. The summed E-state index contributed by atoms with van der Waals surface area (Å²) in [7, 11) is 0. The van der Waals surface area contributed by atoms with E-state index in [0.717, 1.165) is 49.7 Å². The molecule has 6 heteroatoms. The number of piperazine rings is 1. The number of rotatable bonds is 4. The molecule has 1 aromatic carbocycles. The second-order valence-electron chi connectivity index (χ2n) is 6.71. The van der Waals surface area contributed by atoms with Crippen molar-refractivity contribution in [2.24, 2.45) is 0 Å². The summed E-state index contributed by atoms with van der Waals surface area (Å²) in [5.74, 6) is 0.765. The lowest BCUT2D eigenvalue weighted by molar-refractivity contribution is 0.135. The lowest BCUT2D eigenvalue weighted by atomic mass is 10.1. The first-order valence-electron chi connectivity index (χ1n) is 8.75. The van der Waals surface area contributed by atoms with Crippen LogP contribution in [0, 0.1) is 20.8 Å². The van der Waals surface area contributed by atoms with Crippen LogP contribution < -0.4 is 5.32 Å². The number of aromatic nitrogens is 1. The molecule has 1 aliphatic heterocycles. The molecular formula is C19H26N4O2. The van der Waals surface area contributed by atoms with Crippen molar-refractivity contribution in [3.8, 4) is 0 Å². The van der Waals surface area contributed by atoms with Crippen molar-refractivity contribution in [3.63, 3.8) is 0 Å². The van der Waals surface area contributed by atoms with Crippen LogP contribution in [0.25, 0.3) is 0 Å². The Hall–Kier alpha value is -2.34. The Morgan fingerprint density at radius 2 is 1.96 bits per heavy atom. The maximum absolute atomic E-state index is 12.4. The van der Waals surface area contributed by atoms with Gasteiger partial charge in [0.25, 0.3) is 0 Å². The average Bonchev–Trinajstić information content (AvgIpc) is 2.92. The molecule has 25 heavy (non-hydrogen) atoms. The normalized spacial score (nSPS) is 15.4. The van der Waals surface area contributed by atoms with Gasteiger partial charge in [-0.05, 0) is 26.3 Å². The Bertz CT molecular complexity index is 713. The maximum atomic E-state index is 12.4. The number of urea groups is 1. The molecule has 2 heterocycles. The van der Waals surface area contributed by atoms with Crippen LogP contribution in [0.1, 0.15) is 28.1 Å². The van der Waals surface area contributed by atoms with Crippen LogP contribution in [0.4, 0.5) is 4.79 Å². The predicted octanol–water partition coefficient (Wildman–Crippen LogP) is 2.63. The summed E-state index contributed by atoms with van der Waals surface area (Å²) in [6, 6.07) is 8.59. The number of benzene rings is 1. The lowest BCUT2D eigenvalue weighted by Crippen LogP contribution is -2.51. The maximum Gasteiger partial charge on any atom is 0.317 e. The van der Waals surface area contributed by atoms with Gasteiger partial charge in [-0.25, -0.2) is 4.79 Å². The molecule has 134 valence electrons. The molecule has 1 N–H and O–H groups in total. The minimum atomic E-state index is -0.0183. The van der Waals surface area contributed by atoms with Crippen LogP contribution >= 0.6 is 0 Å². The fraction of sp³-hybridized carbons (Fsp3) is 0.474. The first kappa shape index (κ1) is 17.5. The Kier molecular flexibility index (Phi) is 5.38. The number of hydrogen-bond donors (Lipinski definition) is 1. The molecule has 0 bridgehead atoms. The smallest absolute Gasteiger partial charge is 0.317 e. The Morgan fingerprint density at radius 3 is 2.60 bits per heavy atom. The molecule has 1 aromatic heterocycles. The summed E-state index contributed by atoms with van der Waals surface area (Å²) < 4.78 is 5.13. The Labute approximate surface area is 148 Å². The molecule has 1 fully saturated rings. The number of nitrogens with zero attached hydrogens (tertiary/aromatic N) is 3. The summed E-state index contributed by atoms with van der Waals surface area (Å²) in [4.78, 5) is 16.6. The van der Waals surface area contributed by atoms with Crippen LogP contribution in [0.15, 0.2) is 28.8 Å². The van der Waals surface area contributed by atoms with E-state index in [0.29, 0.717) is 6.54 Å². The van der Waals surface area contributed by atoms with Gasteiger partial charge in [-0.1, -0.05) is 35.0 Å². The van der Waals surface area contributed by atoms with Gasteiger partial charge in [-0.3, -0.25) is 4.90 Å². The van der Waals surface area contributed by atoms with Gasteiger partial charge < -0.3 is 14.7 Å². The molecule has 0 radical (unpaired) electrons. The van der Waals surface area contributed by atoms with Crippen molar-refractivity contribution in [1.82, 2.24) is 20.3 Å². The van der Waals surface area contributed by atoms with E-state index in [1.807, 2.05) is 18.7 Å². The van der Waals surface area contributed by atoms with E-state index in [-0.39, 0.29) is 6.03 Å². The first-order chi connectivity index (χ1) is 12.0. The zero-order chi connectivity index (χ0) is 17.8. The molecule has 1 saturated heterocycles. The van der Waals surface area contributed by atoms with Gasteiger partial charge in [0.05, 0.1) is 5.69 Å². The number of aryl methyl sites for hydroxylation is 3. The quantitative estimate of drug-likeness (QED) is 0.928. The van der Waals surface area contributed by atoms with Crippen molar-refractivity contribution in [1.29, 1.82) is 0 Å². The van der Waals surface area contributed by atoms with Gasteiger partial charge in [-0.2, -0.15) is 0 Å². The zero-order valence-electron chi connectivity index (χ0n) is 15.2. The third-order valence-corrected chi connectivity index (χ3v) is 4.75.